The zero-order valence-corrected chi connectivity index (χ0v) is 10.4. The first kappa shape index (κ1) is 13.9. The van der Waals surface area contributed by atoms with Gasteiger partial charge in [0.1, 0.15) is 6.23 Å². The van der Waals surface area contributed by atoms with E-state index in [9.17, 15) is 0 Å². The molecule has 16 heavy (non-hydrogen) atoms. The van der Waals surface area contributed by atoms with Crippen molar-refractivity contribution in [2.45, 2.75) is 13.2 Å². The van der Waals surface area contributed by atoms with Gasteiger partial charge in [-0.15, -0.1) is 0 Å². The summed E-state index contributed by atoms with van der Waals surface area (Å²) in [7, 11) is 2.11. The molecular weight excluding hydrogens is 208 g/mol. The van der Waals surface area contributed by atoms with Gasteiger partial charge in [0, 0.05) is 26.2 Å². The van der Waals surface area contributed by atoms with E-state index in [0.29, 0.717) is 0 Å². The molecule has 1 N–H and O–H groups in total. The Morgan fingerprint density at radius 3 is 1.62 bits per heavy atom. The summed E-state index contributed by atoms with van der Waals surface area (Å²) in [5.74, 6) is 0. The van der Waals surface area contributed by atoms with Crippen molar-refractivity contribution in [3.63, 3.8) is 0 Å². The van der Waals surface area contributed by atoms with Gasteiger partial charge in [-0.3, -0.25) is 4.90 Å². The first-order valence-electron chi connectivity index (χ1n) is 5.96. The normalized spacial score (nSPS) is 25.7. The lowest BCUT2D eigenvalue weighted by molar-refractivity contribution is -0.0490. The van der Waals surface area contributed by atoms with E-state index in [1.54, 1.807) is 6.92 Å². The third kappa shape index (κ3) is 5.77. The summed E-state index contributed by atoms with van der Waals surface area (Å²) >= 11 is 0. The molecule has 2 saturated heterocycles. The third-order valence-electron chi connectivity index (χ3n) is 2.81. The SMILES string of the molecule is CC(O)N1CCOCC1.CN1CCOCC1. The van der Waals surface area contributed by atoms with Gasteiger partial charge in [-0.1, -0.05) is 0 Å². The van der Waals surface area contributed by atoms with Crippen LogP contribution in [0.5, 0.6) is 0 Å². The highest BCUT2D eigenvalue weighted by atomic mass is 16.5. The van der Waals surface area contributed by atoms with E-state index in [-0.39, 0.29) is 6.23 Å². The van der Waals surface area contributed by atoms with Gasteiger partial charge >= 0.3 is 0 Å². The Kier molecular flexibility index (Phi) is 6.91. The van der Waals surface area contributed by atoms with Gasteiger partial charge in [-0.05, 0) is 14.0 Å². The van der Waals surface area contributed by atoms with E-state index in [2.05, 4.69) is 11.9 Å². The summed E-state index contributed by atoms with van der Waals surface area (Å²) in [6.07, 6.45) is -0.311. The van der Waals surface area contributed by atoms with E-state index in [1.807, 2.05) is 4.90 Å². The number of hydrogen-bond acceptors (Lipinski definition) is 5. The van der Waals surface area contributed by atoms with Crippen molar-refractivity contribution < 1.29 is 14.6 Å². The van der Waals surface area contributed by atoms with Crippen molar-refractivity contribution in [2.24, 2.45) is 0 Å². The number of likely N-dealkylation sites (N-methyl/N-ethyl adjacent to an activating group) is 1. The molecule has 2 fully saturated rings. The van der Waals surface area contributed by atoms with Crippen LogP contribution < -0.4 is 0 Å². The summed E-state index contributed by atoms with van der Waals surface area (Å²) in [4.78, 5) is 4.26. The van der Waals surface area contributed by atoms with Crippen LogP contribution in [0.1, 0.15) is 6.92 Å². The number of nitrogens with zero attached hydrogens (tertiary/aromatic N) is 2. The molecule has 5 heteroatoms. The maximum absolute atomic E-state index is 9.05. The van der Waals surface area contributed by atoms with Gasteiger partial charge in [0.05, 0.1) is 26.4 Å². The van der Waals surface area contributed by atoms with Crippen LogP contribution in [0.3, 0.4) is 0 Å². The summed E-state index contributed by atoms with van der Waals surface area (Å²) in [5.41, 5.74) is 0. The van der Waals surface area contributed by atoms with Crippen LogP contribution in [-0.2, 0) is 9.47 Å². The number of ether oxygens (including phenoxy) is 2. The number of rotatable bonds is 1. The standard InChI is InChI=1S/C6H13NO2.C5H11NO/c1-6(8)7-2-4-9-5-3-7;1-6-2-4-7-5-3-6/h6,8H,2-5H2,1H3;2-5H2,1H3. The molecule has 5 nitrogen and oxygen atoms in total. The molecule has 0 aliphatic carbocycles. The van der Waals surface area contributed by atoms with Gasteiger partial charge in [0.25, 0.3) is 0 Å². The zero-order chi connectivity index (χ0) is 11.8. The minimum absolute atomic E-state index is 0.311. The predicted octanol–water partition coefficient (Wildman–Crippen LogP) is -0.395. The minimum Gasteiger partial charge on any atom is -0.379 e. The highest BCUT2D eigenvalue weighted by molar-refractivity contribution is 4.61. The molecule has 0 aromatic rings. The lowest BCUT2D eigenvalue weighted by atomic mass is 10.4. The second-order valence-electron chi connectivity index (χ2n) is 4.20. The van der Waals surface area contributed by atoms with Crippen molar-refractivity contribution in [3.8, 4) is 0 Å². The Bertz CT molecular complexity index is 167. The van der Waals surface area contributed by atoms with Gasteiger partial charge in [-0.2, -0.15) is 0 Å². The molecule has 0 amide bonds. The average molecular weight is 232 g/mol. The van der Waals surface area contributed by atoms with Crippen molar-refractivity contribution in [1.29, 1.82) is 0 Å². The first-order chi connectivity index (χ1) is 7.70. The Balaban J connectivity index is 0.000000165. The van der Waals surface area contributed by atoms with Crippen molar-refractivity contribution >= 4 is 0 Å². The molecule has 0 aromatic heterocycles. The number of aliphatic hydroxyl groups excluding tert-OH is 1. The summed E-state index contributed by atoms with van der Waals surface area (Å²) in [5, 5.41) is 9.05. The lowest BCUT2D eigenvalue weighted by Crippen LogP contribution is -2.41. The van der Waals surface area contributed by atoms with E-state index in [0.717, 1.165) is 52.6 Å². The van der Waals surface area contributed by atoms with Crippen molar-refractivity contribution in [3.05, 3.63) is 0 Å². The van der Waals surface area contributed by atoms with Crippen LogP contribution in [0, 0.1) is 0 Å². The molecule has 96 valence electrons. The van der Waals surface area contributed by atoms with Crippen LogP contribution in [0.4, 0.5) is 0 Å². The molecule has 0 radical (unpaired) electrons. The fourth-order valence-electron chi connectivity index (χ4n) is 1.61. The topological polar surface area (TPSA) is 45.2 Å². The monoisotopic (exact) mass is 232 g/mol. The quantitative estimate of drug-likeness (QED) is 0.667. The second-order valence-corrected chi connectivity index (χ2v) is 4.20. The molecule has 0 bridgehead atoms. The predicted molar refractivity (Wildman–Crippen MR) is 62.4 cm³/mol. The summed E-state index contributed by atoms with van der Waals surface area (Å²) in [6.45, 7) is 9.03. The van der Waals surface area contributed by atoms with Crippen LogP contribution in [0.2, 0.25) is 0 Å². The number of hydrogen-bond donors (Lipinski definition) is 1. The zero-order valence-electron chi connectivity index (χ0n) is 10.4. The Morgan fingerprint density at radius 1 is 0.938 bits per heavy atom. The lowest BCUT2D eigenvalue weighted by Gasteiger charge is -2.28. The van der Waals surface area contributed by atoms with E-state index >= 15 is 0 Å². The fourth-order valence-corrected chi connectivity index (χ4v) is 1.61. The summed E-state index contributed by atoms with van der Waals surface area (Å²) < 4.78 is 10.2. The van der Waals surface area contributed by atoms with Crippen molar-refractivity contribution in [1.82, 2.24) is 9.80 Å². The van der Waals surface area contributed by atoms with Crippen LogP contribution in [0.15, 0.2) is 0 Å². The molecule has 0 aromatic carbocycles. The molecule has 2 rings (SSSR count). The maximum atomic E-state index is 9.05. The molecule has 0 saturated carbocycles. The van der Waals surface area contributed by atoms with Crippen LogP contribution in [-0.4, -0.2) is 80.8 Å². The van der Waals surface area contributed by atoms with Gasteiger partial charge < -0.3 is 19.5 Å². The molecule has 2 heterocycles. The number of morpholine rings is 2. The smallest absolute Gasteiger partial charge is 0.104 e. The second kappa shape index (κ2) is 7.97. The molecule has 1 unspecified atom stereocenters. The van der Waals surface area contributed by atoms with Gasteiger partial charge in [0.2, 0.25) is 0 Å². The van der Waals surface area contributed by atoms with Gasteiger partial charge in [-0.25, -0.2) is 0 Å². The summed E-state index contributed by atoms with van der Waals surface area (Å²) in [6, 6.07) is 0. The molecule has 2 aliphatic rings. The number of aliphatic hydroxyl groups is 1. The van der Waals surface area contributed by atoms with E-state index in [1.165, 1.54) is 0 Å². The largest absolute Gasteiger partial charge is 0.379 e. The van der Waals surface area contributed by atoms with Crippen molar-refractivity contribution in [2.75, 3.05) is 59.7 Å². The maximum Gasteiger partial charge on any atom is 0.104 e. The highest BCUT2D eigenvalue weighted by Gasteiger charge is 2.13. The van der Waals surface area contributed by atoms with Crippen LogP contribution in [0.25, 0.3) is 0 Å². The highest BCUT2D eigenvalue weighted by Crippen LogP contribution is 1.99. The average Bonchev–Trinajstić information content (AvgIpc) is 2.32. The Hall–Kier alpha value is -0.200. The molecule has 0 spiro atoms. The third-order valence-corrected chi connectivity index (χ3v) is 2.81. The van der Waals surface area contributed by atoms with Crippen LogP contribution >= 0.6 is 0 Å². The van der Waals surface area contributed by atoms with E-state index in [4.69, 9.17) is 14.6 Å². The minimum atomic E-state index is -0.311. The molecular formula is C11H24N2O3. The Labute approximate surface area is 97.9 Å². The van der Waals surface area contributed by atoms with E-state index < -0.39 is 0 Å². The molecule has 1 atom stereocenters. The van der Waals surface area contributed by atoms with Gasteiger partial charge in [0.15, 0.2) is 0 Å². The first-order valence-corrected chi connectivity index (χ1v) is 5.96. The Morgan fingerprint density at radius 2 is 1.38 bits per heavy atom. The fraction of sp³-hybridized carbons (Fsp3) is 1.00. The molecule has 2 aliphatic heterocycles.